The summed E-state index contributed by atoms with van der Waals surface area (Å²) in [4.78, 5) is 16.7. The zero-order valence-electron chi connectivity index (χ0n) is 16.0. The predicted molar refractivity (Wildman–Crippen MR) is 112 cm³/mol. The molecule has 2 aliphatic rings. The van der Waals surface area contributed by atoms with Crippen molar-refractivity contribution in [2.75, 3.05) is 51.3 Å². The van der Waals surface area contributed by atoms with E-state index in [9.17, 15) is 4.79 Å². The quantitative estimate of drug-likeness (QED) is 0.793. The minimum Gasteiger partial charge on any atom is -0.375 e. The summed E-state index contributed by atoms with van der Waals surface area (Å²) >= 11 is 1.82. The minimum atomic E-state index is 0.0118. The van der Waals surface area contributed by atoms with Gasteiger partial charge in [0.1, 0.15) is 6.61 Å². The van der Waals surface area contributed by atoms with E-state index in [0.29, 0.717) is 6.04 Å². The van der Waals surface area contributed by atoms with Gasteiger partial charge < -0.3 is 15.0 Å². The Bertz CT molecular complexity index is 764. The van der Waals surface area contributed by atoms with Gasteiger partial charge in [-0.3, -0.25) is 9.69 Å². The second kappa shape index (κ2) is 8.59. The Hall–Kier alpha value is -1.63. The largest absolute Gasteiger partial charge is 0.375 e. The Morgan fingerprint density at radius 2 is 2.04 bits per heavy atom. The smallest absolute Gasteiger partial charge is 0.246 e. The zero-order chi connectivity index (χ0) is 18.6. The van der Waals surface area contributed by atoms with Gasteiger partial charge in [0.25, 0.3) is 0 Å². The van der Waals surface area contributed by atoms with Crippen molar-refractivity contribution in [2.45, 2.75) is 25.3 Å². The lowest BCUT2D eigenvalue weighted by molar-refractivity contribution is -0.126. The molecule has 1 aliphatic heterocycles. The van der Waals surface area contributed by atoms with E-state index in [1.165, 1.54) is 28.7 Å². The Morgan fingerprint density at radius 3 is 2.81 bits per heavy atom. The van der Waals surface area contributed by atoms with Gasteiger partial charge >= 0.3 is 0 Å². The first-order valence-electron chi connectivity index (χ1n) is 9.95. The van der Waals surface area contributed by atoms with Crippen molar-refractivity contribution >= 4 is 33.0 Å². The summed E-state index contributed by atoms with van der Waals surface area (Å²) < 4.78 is 6.25. The van der Waals surface area contributed by atoms with E-state index in [4.69, 9.17) is 4.74 Å². The molecule has 27 heavy (non-hydrogen) atoms. The summed E-state index contributed by atoms with van der Waals surface area (Å²) in [6.45, 7) is 5.84. The molecule has 5 nitrogen and oxygen atoms in total. The van der Waals surface area contributed by atoms with Crippen LogP contribution in [0.1, 0.15) is 19.3 Å². The fourth-order valence-corrected chi connectivity index (χ4v) is 5.13. The molecule has 0 unspecified atom stereocenters. The maximum Gasteiger partial charge on any atom is 0.246 e. The molecule has 1 saturated carbocycles. The number of carbonyl (C=O) groups excluding carboxylic acids is 1. The fraction of sp³-hybridized carbons (Fsp3) is 0.571. The highest BCUT2D eigenvalue weighted by atomic mass is 32.1. The van der Waals surface area contributed by atoms with Crippen LogP contribution in [0.25, 0.3) is 10.1 Å². The van der Waals surface area contributed by atoms with Crippen LogP contribution in [-0.2, 0) is 9.53 Å². The second-order valence-corrected chi connectivity index (χ2v) is 8.71. The van der Waals surface area contributed by atoms with Crippen molar-refractivity contribution in [1.29, 1.82) is 0 Å². The molecule has 0 radical (unpaired) electrons. The van der Waals surface area contributed by atoms with Crippen LogP contribution < -0.4 is 10.2 Å². The third-order valence-electron chi connectivity index (χ3n) is 5.92. The molecule has 0 atom stereocenters. The van der Waals surface area contributed by atoms with Gasteiger partial charge in [-0.1, -0.05) is 6.07 Å². The van der Waals surface area contributed by atoms with E-state index in [-0.39, 0.29) is 12.5 Å². The summed E-state index contributed by atoms with van der Waals surface area (Å²) in [5.41, 5.74) is 1.39. The van der Waals surface area contributed by atoms with Gasteiger partial charge in [0.15, 0.2) is 0 Å². The molecule has 1 N–H and O–H groups in total. The van der Waals surface area contributed by atoms with Crippen LogP contribution in [0.5, 0.6) is 0 Å². The third kappa shape index (κ3) is 4.45. The van der Waals surface area contributed by atoms with Crippen LogP contribution in [0.15, 0.2) is 29.6 Å². The number of benzene rings is 1. The lowest BCUT2D eigenvalue weighted by Gasteiger charge is -2.39. The molecule has 1 aliphatic carbocycles. The van der Waals surface area contributed by atoms with E-state index in [2.05, 4.69) is 44.8 Å². The molecule has 1 amide bonds. The summed E-state index contributed by atoms with van der Waals surface area (Å²) in [7, 11) is 1.56. The van der Waals surface area contributed by atoms with Crippen LogP contribution in [0.2, 0.25) is 0 Å². The molecule has 6 heteroatoms. The second-order valence-electron chi connectivity index (χ2n) is 7.76. The number of fused-ring (bicyclic) bond motifs is 1. The number of anilines is 1. The fourth-order valence-electron chi connectivity index (χ4n) is 4.32. The van der Waals surface area contributed by atoms with Crippen molar-refractivity contribution in [3.63, 3.8) is 0 Å². The number of nitrogens with one attached hydrogen (secondary N) is 1. The van der Waals surface area contributed by atoms with Crippen molar-refractivity contribution < 1.29 is 9.53 Å². The van der Waals surface area contributed by atoms with Gasteiger partial charge in [0.05, 0.1) is 0 Å². The summed E-state index contributed by atoms with van der Waals surface area (Å²) in [6.07, 6.45) is 3.49. The van der Waals surface area contributed by atoms with Crippen molar-refractivity contribution in [2.24, 2.45) is 5.92 Å². The molecule has 1 aromatic carbocycles. The van der Waals surface area contributed by atoms with Crippen molar-refractivity contribution in [1.82, 2.24) is 10.2 Å². The number of ether oxygens (including phenoxy) is 1. The standard InChI is InChI=1S/C21H29N3O2S/c1-26-15-21(25)22-17-13-16(14-17)5-7-23-8-10-24(11-9-23)19-3-2-4-20-18(19)6-12-27-20/h2-4,6,12,16-17H,5,7-11,13-15H2,1H3,(H,22,25)/t16-,17+. The molecule has 4 rings (SSSR count). The summed E-state index contributed by atoms with van der Waals surface area (Å²) in [5.74, 6) is 0.771. The molecule has 0 spiro atoms. The molecular weight excluding hydrogens is 358 g/mol. The minimum absolute atomic E-state index is 0.0118. The molecule has 2 aromatic rings. The number of nitrogens with zero attached hydrogens (tertiary/aromatic N) is 2. The monoisotopic (exact) mass is 387 g/mol. The number of hydrogen-bond acceptors (Lipinski definition) is 5. The Balaban J connectivity index is 1.18. The van der Waals surface area contributed by atoms with Crippen LogP contribution in [0, 0.1) is 5.92 Å². The van der Waals surface area contributed by atoms with Gasteiger partial charge in [-0.25, -0.2) is 0 Å². The first-order valence-corrected chi connectivity index (χ1v) is 10.8. The number of carbonyl (C=O) groups is 1. The van der Waals surface area contributed by atoms with Crippen LogP contribution >= 0.6 is 11.3 Å². The average molecular weight is 388 g/mol. The maximum atomic E-state index is 11.5. The molecule has 0 bridgehead atoms. The summed E-state index contributed by atoms with van der Waals surface area (Å²) in [6, 6.07) is 9.26. The Labute approximate surface area is 165 Å². The molecule has 2 heterocycles. The number of amides is 1. The highest BCUT2D eigenvalue weighted by molar-refractivity contribution is 7.17. The Kier molecular flexibility index (Phi) is 5.95. The van der Waals surface area contributed by atoms with Crippen LogP contribution in [0.4, 0.5) is 5.69 Å². The predicted octanol–water partition coefficient (Wildman–Crippen LogP) is 2.95. The molecule has 1 aromatic heterocycles. The van der Waals surface area contributed by atoms with E-state index in [1.807, 2.05) is 11.3 Å². The van der Waals surface area contributed by atoms with Crippen LogP contribution in [-0.4, -0.2) is 63.3 Å². The summed E-state index contributed by atoms with van der Waals surface area (Å²) in [5, 5.41) is 6.62. The first kappa shape index (κ1) is 18.7. The van der Waals surface area contributed by atoms with E-state index < -0.39 is 0 Å². The van der Waals surface area contributed by atoms with Gasteiger partial charge in [0, 0.05) is 55.1 Å². The van der Waals surface area contributed by atoms with E-state index in [0.717, 1.165) is 44.9 Å². The SMILES string of the molecule is COCC(=O)N[C@H]1C[C@@H](CCN2CCN(c3cccc4sccc34)CC2)C1. The number of methoxy groups -OCH3 is 1. The lowest BCUT2D eigenvalue weighted by atomic mass is 9.78. The number of hydrogen-bond donors (Lipinski definition) is 1. The van der Waals surface area contributed by atoms with Gasteiger partial charge in [-0.05, 0) is 55.3 Å². The molecular formula is C21H29N3O2S. The van der Waals surface area contributed by atoms with E-state index in [1.54, 1.807) is 7.11 Å². The van der Waals surface area contributed by atoms with Crippen molar-refractivity contribution in [3.05, 3.63) is 29.6 Å². The number of thiophene rings is 1. The Morgan fingerprint density at radius 1 is 1.22 bits per heavy atom. The molecule has 1 saturated heterocycles. The van der Waals surface area contributed by atoms with E-state index >= 15 is 0 Å². The number of rotatable bonds is 7. The highest BCUT2D eigenvalue weighted by Gasteiger charge is 2.30. The zero-order valence-corrected chi connectivity index (χ0v) is 16.8. The normalized spacial score (nSPS) is 23.4. The third-order valence-corrected chi connectivity index (χ3v) is 6.80. The van der Waals surface area contributed by atoms with Gasteiger partial charge in [-0.2, -0.15) is 0 Å². The number of piperazine rings is 1. The average Bonchev–Trinajstić information content (AvgIpc) is 3.13. The van der Waals surface area contributed by atoms with Gasteiger partial charge in [0.2, 0.25) is 5.91 Å². The van der Waals surface area contributed by atoms with Gasteiger partial charge in [-0.15, -0.1) is 11.3 Å². The lowest BCUT2D eigenvalue weighted by Crippen LogP contribution is -2.49. The van der Waals surface area contributed by atoms with Crippen molar-refractivity contribution in [3.8, 4) is 0 Å². The highest BCUT2D eigenvalue weighted by Crippen LogP contribution is 2.32. The molecule has 146 valence electrons. The maximum absolute atomic E-state index is 11.5. The topological polar surface area (TPSA) is 44.8 Å². The first-order chi connectivity index (χ1) is 13.2. The molecule has 2 fully saturated rings. The van der Waals surface area contributed by atoms with Crippen LogP contribution in [0.3, 0.4) is 0 Å².